The van der Waals surface area contributed by atoms with Crippen LogP contribution in [0.5, 0.6) is 0 Å². The normalized spacial score (nSPS) is 21.2. The summed E-state index contributed by atoms with van der Waals surface area (Å²) in [5, 5.41) is 2.83. The highest BCUT2D eigenvalue weighted by Crippen LogP contribution is 2.15. The molecule has 0 aromatic heterocycles. The fraction of sp³-hybridized carbons (Fsp3) is 0.462. The van der Waals surface area contributed by atoms with Gasteiger partial charge >= 0.3 is 0 Å². The number of carbonyl (C=O) groups is 1. The zero-order chi connectivity index (χ0) is 12.3. The molecule has 0 bridgehead atoms. The van der Waals surface area contributed by atoms with E-state index in [4.69, 9.17) is 4.74 Å². The lowest BCUT2D eigenvalue weighted by molar-refractivity contribution is 0.0712. The Kier molecular flexibility index (Phi) is 3.74. The summed E-state index contributed by atoms with van der Waals surface area (Å²) < 4.78 is 18.4. The third-order valence-electron chi connectivity index (χ3n) is 2.97. The van der Waals surface area contributed by atoms with Crippen molar-refractivity contribution < 1.29 is 13.9 Å². The predicted octanol–water partition coefficient (Wildman–Crippen LogP) is 2.12. The summed E-state index contributed by atoms with van der Waals surface area (Å²) in [7, 11) is 0. The van der Waals surface area contributed by atoms with E-state index in [1.165, 1.54) is 18.2 Å². The first-order valence-corrected chi connectivity index (χ1v) is 5.85. The highest BCUT2D eigenvalue weighted by Gasteiger charge is 2.23. The molecule has 1 N–H and O–H groups in total. The molecule has 1 aliphatic rings. The van der Waals surface area contributed by atoms with Gasteiger partial charge in [0, 0.05) is 12.2 Å². The van der Waals surface area contributed by atoms with Crippen molar-refractivity contribution in [2.24, 2.45) is 0 Å². The Labute approximate surface area is 100.0 Å². The maximum atomic E-state index is 13.0. The minimum absolute atomic E-state index is 0.0479. The van der Waals surface area contributed by atoms with Gasteiger partial charge in [0.2, 0.25) is 0 Å². The molecule has 1 aliphatic heterocycles. The molecule has 92 valence electrons. The minimum atomic E-state index is -0.401. The molecule has 0 spiro atoms. The van der Waals surface area contributed by atoms with Gasteiger partial charge in [-0.1, -0.05) is 6.07 Å². The molecule has 0 aliphatic carbocycles. The summed E-state index contributed by atoms with van der Waals surface area (Å²) in [5.41, 5.74) is 0.342. The largest absolute Gasteiger partial charge is 0.376 e. The van der Waals surface area contributed by atoms with Crippen molar-refractivity contribution in [3.8, 4) is 0 Å². The monoisotopic (exact) mass is 237 g/mol. The van der Waals surface area contributed by atoms with Crippen LogP contribution in [-0.2, 0) is 4.74 Å². The number of amides is 1. The van der Waals surface area contributed by atoms with Gasteiger partial charge in [0.1, 0.15) is 5.82 Å². The van der Waals surface area contributed by atoms with E-state index in [2.05, 4.69) is 5.32 Å². The number of hydrogen-bond acceptors (Lipinski definition) is 2. The van der Waals surface area contributed by atoms with Gasteiger partial charge in [-0.25, -0.2) is 4.39 Å². The molecule has 1 amide bonds. The van der Waals surface area contributed by atoms with Gasteiger partial charge in [0.05, 0.1) is 12.1 Å². The van der Waals surface area contributed by atoms with Gasteiger partial charge in [-0.15, -0.1) is 0 Å². The second-order valence-corrected chi connectivity index (χ2v) is 4.32. The lowest BCUT2D eigenvalue weighted by Gasteiger charge is -2.19. The molecule has 1 aromatic carbocycles. The number of rotatable bonds is 3. The van der Waals surface area contributed by atoms with Crippen LogP contribution in [-0.4, -0.2) is 24.7 Å². The van der Waals surface area contributed by atoms with Crippen LogP contribution >= 0.6 is 0 Å². The summed E-state index contributed by atoms with van der Waals surface area (Å²) >= 11 is 0. The van der Waals surface area contributed by atoms with Gasteiger partial charge in [-0.3, -0.25) is 4.79 Å². The van der Waals surface area contributed by atoms with Gasteiger partial charge in [-0.05, 0) is 38.0 Å². The third-order valence-corrected chi connectivity index (χ3v) is 2.97. The SMILES string of the molecule is CC(NC(=O)c1cccc(F)c1)C1CCCO1. The van der Waals surface area contributed by atoms with Crippen molar-refractivity contribution >= 4 is 5.91 Å². The average Bonchev–Trinajstić information content (AvgIpc) is 2.82. The summed E-state index contributed by atoms with van der Waals surface area (Å²) in [4.78, 5) is 11.8. The van der Waals surface area contributed by atoms with Crippen molar-refractivity contribution in [3.63, 3.8) is 0 Å². The number of ether oxygens (including phenoxy) is 1. The van der Waals surface area contributed by atoms with Crippen LogP contribution in [0.15, 0.2) is 24.3 Å². The summed E-state index contributed by atoms with van der Waals surface area (Å²) in [6.07, 6.45) is 2.07. The van der Waals surface area contributed by atoms with Crippen LogP contribution in [0.1, 0.15) is 30.1 Å². The molecular weight excluding hydrogens is 221 g/mol. The molecule has 1 aromatic rings. The molecule has 4 heteroatoms. The van der Waals surface area contributed by atoms with E-state index >= 15 is 0 Å². The van der Waals surface area contributed by atoms with Gasteiger partial charge < -0.3 is 10.1 Å². The summed E-state index contributed by atoms with van der Waals surface area (Å²) in [6.45, 7) is 2.66. The minimum Gasteiger partial charge on any atom is -0.376 e. The number of benzene rings is 1. The molecule has 1 fully saturated rings. The third kappa shape index (κ3) is 3.03. The van der Waals surface area contributed by atoms with Gasteiger partial charge in [0.25, 0.3) is 5.91 Å². The Morgan fingerprint density at radius 2 is 2.41 bits per heavy atom. The topological polar surface area (TPSA) is 38.3 Å². The van der Waals surface area contributed by atoms with E-state index in [0.717, 1.165) is 19.4 Å². The van der Waals surface area contributed by atoms with E-state index < -0.39 is 5.82 Å². The molecule has 1 saturated heterocycles. The van der Waals surface area contributed by atoms with Crippen LogP contribution in [0.25, 0.3) is 0 Å². The second-order valence-electron chi connectivity index (χ2n) is 4.32. The average molecular weight is 237 g/mol. The maximum absolute atomic E-state index is 13.0. The molecule has 2 rings (SSSR count). The zero-order valence-electron chi connectivity index (χ0n) is 9.78. The number of hydrogen-bond donors (Lipinski definition) is 1. The molecule has 3 nitrogen and oxygen atoms in total. The van der Waals surface area contributed by atoms with E-state index in [-0.39, 0.29) is 18.1 Å². The Bertz CT molecular complexity index is 402. The van der Waals surface area contributed by atoms with Gasteiger partial charge in [0.15, 0.2) is 0 Å². The van der Waals surface area contributed by atoms with Crippen LogP contribution in [0, 0.1) is 5.82 Å². The van der Waals surface area contributed by atoms with Crippen LogP contribution < -0.4 is 5.32 Å². The van der Waals surface area contributed by atoms with Crippen LogP contribution in [0.2, 0.25) is 0 Å². The van der Waals surface area contributed by atoms with Crippen molar-refractivity contribution in [1.29, 1.82) is 0 Å². The highest BCUT2D eigenvalue weighted by molar-refractivity contribution is 5.94. The molecule has 17 heavy (non-hydrogen) atoms. The first kappa shape index (κ1) is 12.0. The molecule has 2 unspecified atom stereocenters. The van der Waals surface area contributed by atoms with E-state index in [1.54, 1.807) is 6.07 Å². The van der Waals surface area contributed by atoms with Crippen molar-refractivity contribution in [2.45, 2.75) is 31.9 Å². The summed E-state index contributed by atoms with van der Waals surface area (Å²) in [6, 6.07) is 5.63. The number of carbonyl (C=O) groups excluding carboxylic acids is 1. The van der Waals surface area contributed by atoms with Gasteiger partial charge in [-0.2, -0.15) is 0 Å². The van der Waals surface area contributed by atoms with E-state index in [1.807, 2.05) is 6.92 Å². The molecule has 2 atom stereocenters. The highest BCUT2D eigenvalue weighted by atomic mass is 19.1. The zero-order valence-corrected chi connectivity index (χ0v) is 9.78. The molecule has 0 saturated carbocycles. The van der Waals surface area contributed by atoms with Crippen molar-refractivity contribution in [2.75, 3.05) is 6.61 Å². The van der Waals surface area contributed by atoms with Crippen molar-refractivity contribution in [1.82, 2.24) is 5.32 Å². The standard InChI is InChI=1S/C13H16FNO2/c1-9(12-6-3-7-17-12)15-13(16)10-4-2-5-11(14)8-10/h2,4-5,8-9,12H,3,6-7H2,1H3,(H,15,16). The van der Waals surface area contributed by atoms with Crippen LogP contribution in [0.4, 0.5) is 4.39 Å². The first-order valence-electron chi connectivity index (χ1n) is 5.85. The Hall–Kier alpha value is -1.42. The Morgan fingerprint density at radius 3 is 3.06 bits per heavy atom. The molecule has 0 radical (unpaired) electrons. The maximum Gasteiger partial charge on any atom is 0.251 e. The second kappa shape index (κ2) is 5.27. The van der Waals surface area contributed by atoms with Crippen molar-refractivity contribution in [3.05, 3.63) is 35.6 Å². The van der Waals surface area contributed by atoms with E-state index in [0.29, 0.717) is 5.56 Å². The Morgan fingerprint density at radius 1 is 1.59 bits per heavy atom. The smallest absolute Gasteiger partial charge is 0.251 e. The fourth-order valence-corrected chi connectivity index (χ4v) is 2.01. The number of halogens is 1. The Balaban J connectivity index is 1.96. The molecule has 1 heterocycles. The predicted molar refractivity (Wildman–Crippen MR) is 62.3 cm³/mol. The van der Waals surface area contributed by atoms with E-state index in [9.17, 15) is 9.18 Å². The lowest BCUT2D eigenvalue weighted by atomic mass is 10.1. The first-order chi connectivity index (χ1) is 8.16. The lowest BCUT2D eigenvalue weighted by Crippen LogP contribution is -2.40. The quantitative estimate of drug-likeness (QED) is 0.874. The summed E-state index contributed by atoms with van der Waals surface area (Å²) in [5.74, 6) is -0.657. The van der Waals surface area contributed by atoms with Crippen LogP contribution in [0.3, 0.4) is 0 Å². The number of nitrogens with one attached hydrogen (secondary N) is 1. The fourth-order valence-electron chi connectivity index (χ4n) is 2.01. The molecular formula is C13H16FNO2.